The number of amides is 1. The Hall–Kier alpha value is -3.56. The fraction of sp³-hybridized carbons (Fsp3) is 0.105. The monoisotopic (exact) mass is 409 g/mol. The van der Waals surface area contributed by atoms with Gasteiger partial charge in [0.1, 0.15) is 11.6 Å². The van der Waals surface area contributed by atoms with Crippen molar-refractivity contribution in [2.45, 2.75) is 13.1 Å². The molecular weight excluding hydrogens is 397 g/mol. The molecule has 3 rings (SSSR count). The number of hydrogen-bond acceptors (Lipinski definition) is 3. The van der Waals surface area contributed by atoms with Crippen LogP contribution in [0, 0.1) is 18.6 Å². The Morgan fingerprint density at radius 1 is 1.07 bits per heavy atom. The molecule has 0 aliphatic rings. The Kier molecular flexibility index (Phi) is 5.19. The summed E-state index contributed by atoms with van der Waals surface area (Å²) >= 11 is 0. The van der Waals surface area contributed by atoms with Gasteiger partial charge in [-0.1, -0.05) is 6.07 Å². The first-order chi connectivity index (χ1) is 13.6. The quantitative estimate of drug-likeness (QED) is 0.663. The average molecular weight is 409 g/mol. The van der Waals surface area contributed by atoms with Crippen LogP contribution < -0.4 is 10.7 Å². The number of aromatic nitrogens is 2. The first-order valence-corrected chi connectivity index (χ1v) is 8.11. The molecule has 0 saturated carbocycles. The molecule has 1 N–H and O–H groups in total. The van der Waals surface area contributed by atoms with Crippen molar-refractivity contribution in [3.05, 3.63) is 87.3 Å². The second kappa shape index (κ2) is 7.46. The third kappa shape index (κ3) is 4.31. The van der Waals surface area contributed by atoms with E-state index in [-0.39, 0.29) is 11.4 Å². The second-order valence-electron chi connectivity index (χ2n) is 6.04. The molecule has 0 bridgehead atoms. The number of carbonyl (C=O) groups excluding carboxylic acids is 1. The van der Waals surface area contributed by atoms with Crippen LogP contribution in [-0.2, 0) is 6.18 Å². The van der Waals surface area contributed by atoms with Gasteiger partial charge >= 0.3 is 6.18 Å². The fourth-order valence-corrected chi connectivity index (χ4v) is 2.55. The lowest BCUT2D eigenvalue weighted by Gasteiger charge is -2.13. The SMILES string of the molecule is Cc1cc(=O)c(C(=O)Nc2cc(F)ccc2F)nn1-c1cccc(C(F)(F)F)c1. The number of hydrogen-bond donors (Lipinski definition) is 1. The van der Waals surface area contributed by atoms with Gasteiger partial charge in [-0.05, 0) is 37.3 Å². The van der Waals surface area contributed by atoms with Crippen LogP contribution in [0.4, 0.5) is 27.6 Å². The Morgan fingerprint density at radius 3 is 2.48 bits per heavy atom. The summed E-state index contributed by atoms with van der Waals surface area (Å²) < 4.78 is 66.8. The van der Waals surface area contributed by atoms with Gasteiger partial charge in [-0.2, -0.15) is 18.3 Å². The predicted octanol–water partition coefficient (Wildman–Crippen LogP) is 4.09. The summed E-state index contributed by atoms with van der Waals surface area (Å²) in [4.78, 5) is 24.5. The van der Waals surface area contributed by atoms with Crippen LogP contribution in [0.2, 0.25) is 0 Å². The molecule has 0 aliphatic heterocycles. The maximum Gasteiger partial charge on any atom is 0.416 e. The molecule has 0 spiro atoms. The zero-order valence-corrected chi connectivity index (χ0v) is 14.7. The Balaban J connectivity index is 2.03. The van der Waals surface area contributed by atoms with E-state index < -0.39 is 46.1 Å². The summed E-state index contributed by atoms with van der Waals surface area (Å²) in [6.45, 7) is 1.42. The number of alkyl halides is 3. The molecule has 2 aromatic carbocycles. The predicted molar refractivity (Wildman–Crippen MR) is 93.9 cm³/mol. The highest BCUT2D eigenvalue weighted by atomic mass is 19.4. The molecular formula is C19H12F5N3O2. The molecule has 0 aliphatic carbocycles. The fourth-order valence-electron chi connectivity index (χ4n) is 2.55. The minimum atomic E-state index is -4.60. The zero-order valence-electron chi connectivity index (χ0n) is 14.7. The molecule has 0 atom stereocenters. The highest BCUT2D eigenvalue weighted by molar-refractivity contribution is 6.02. The molecule has 1 heterocycles. The number of carbonyl (C=O) groups is 1. The first-order valence-electron chi connectivity index (χ1n) is 8.11. The van der Waals surface area contributed by atoms with Gasteiger partial charge in [-0.25, -0.2) is 13.5 Å². The smallest absolute Gasteiger partial charge is 0.318 e. The summed E-state index contributed by atoms with van der Waals surface area (Å²) in [5, 5.41) is 5.85. The van der Waals surface area contributed by atoms with Gasteiger partial charge in [0.2, 0.25) is 5.43 Å². The van der Waals surface area contributed by atoms with Gasteiger partial charge < -0.3 is 5.32 Å². The minimum Gasteiger partial charge on any atom is -0.318 e. The molecule has 3 aromatic rings. The summed E-state index contributed by atoms with van der Waals surface area (Å²) in [5.41, 5.74) is -2.85. The van der Waals surface area contributed by atoms with Crippen molar-refractivity contribution in [2.24, 2.45) is 0 Å². The Bertz CT molecular complexity index is 1160. The van der Waals surface area contributed by atoms with Gasteiger partial charge in [0, 0.05) is 17.8 Å². The molecule has 0 unspecified atom stereocenters. The topological polar surface area (TPSA) is 64.0 Å². The lowest BCUT2D eigenvalue weighted by Crippen LogP contribution is -2.27. The average Bonchev–Trinajstić information content (AvgIpc) is 2.64. The largest absolute Gasteiger partial charge is 0.416 e. The lowest BCUT2D eigenvalue weighted by molar-refractivity contribution is -0.137. The molecule has 0 radical (unpaired) electrons. The second-order valence-corrected chi connectivity index (χ2v) is 6.04. The molecule has 1 aromatic heterocycles. The van der Waals surface area contributed by atoms with Crippen molar-refractivity contribution < 1.29 is 26.7 Å². The maximum absolute atomic E-state index is 13.7. The molecule has 150 valence electrons. The van der Waals surface area contributed by atoms with Crippen molar-refractivity contribution in [1.29, 1.82) is 0 Å². The number of nitrogens with zero attached hydrogens (tertiary/aromatic N) is 2. The van der Waals surface area contributed by atoms with E-state index in [0.29, 0.717) is 6.07 Å². The van der Waals surface area contributed by atoms with Crippen molar-refractivity contribution in [1.82, 2.24) is 9.78 Å². The summed E-state index contributed by atoms with van der Waals surface area (Å²) in [6, 6.07) is 7.48. The highest BCUT2D eigenvalue weighted by Gasteiger charge is 2.30. The number of aryl methyl sites for hydroxylation is 1. The minimum absolute atomic E-state index is 0.0386. The van der Waals surface area contributed by atoms with Crippen molar-refractivity contribution in [3.8, 4) is 5.69 Å². The van der Waals surface area contributed by atoms with E-state index in [2.05, 4.69) is 5.10 Å². The van der Waals surface area contributed by atoms with E-state index in [1.165, 1.54) is 13.0 Å². The maximum atomic E-state index is 13.7. The van der Waals surface area contributed by atoms with Crippen LogP contribution in [0.25, 0.3) is 5.69 Å². The summed E-state index contributed by atoms with van der Waals surface area (Å²) in [5.74, 6) is -2.90. The first kappa shape index (κ1) is 20.2. The van der Waals surface area contributed by atoms with Crippen LogP contribution in [0.15, 0.2) is 53.3 Å². The third-order valence-electron chi connectivity index (χ3n) is 3.92. The van der Waals surface area contributed by atoms with Gasteiger partial charge in [0.05, 0.1) is 16.9 Å². The molecule has 1 amide bonds. The van der Waals surface area contributed by atoms with Crippen LogP contribution in [0.5, 0.6) is 0 Å². The van der Waals surface area contributed by atoms with Crippen molar-refractivity contribution in [2.75, 3.05) is 5.32 Å². The van der Waals surface area contributed by atoms with E-state index in [1.54, 1.807) is 0 Å². The van der Waals surface area contributed by atoms with E-state index in [0.717, 1.165) is 41.1 Å². The molecule has 5 nitrogen and oxygen atoms in total. The van der Waals surface area contributed by atoms with Gasteiger partial charge in [0.15, 0.2) is 5.69 Å². The van der Waals surface area contributed by atoms with Gasteiger partial charge in [-0.3, -0.25) is 9.59 Å². The number of benzene rings is 2. The summed E-state index contributed by atoms with van der Waals surface area (Å²) in [7, 11) is 0. The molecule has 0 fully saturated rings. The van der Waals surface area contributed by atoms with Gasteiger partial charge in [-0.15, -0.1) is 0 Å². The van der Waals surface area contributed by atoms with E-state index in [4.69, 9.17) is 0 Å². The van der Waals surface area contributed by atoms with Crippen LogP contribution in [0.1, 0.15) is 21.7 Å². The Morgan fingerprint density at radius 2 is 1.79 bits per heavy atom. The van der Waals surface area contributed by atoms with E-state index in [1.807, 2.05) is 5.32 Å². The zero-order chi connectivity index (χ0) is 21.3. The highest BCUT2D eigenvalue weighted by Crippen LogP contribution is 2.30. The van der Waals surface area contributed by atoms with E-state index >= 15 is 0 Å². The molecule has 29 heavy (non-hydrogen) atoms. The van der Waals surface area contributed by atoms with Crippen LogP contribution >= 0.6 is 0 Å². The standard InChI is InChI=1S/C19H12F5N3O2/c1-10-7-16(28)17(18(29)25-15-9-12(20)5-6-14(15)21)26-27(10)13-4-2-3-11(8-13)19(22,23)24/h2-9H,1H3,(H,25,29). The lowest BCUT2D eigenvalue weighted by atomic mass is 10.2. The molecule has 0 saturated heterocycles. The number of halogens is 5. The number of anilines is 1. The van der Waals surface area contributed by atoms with Crippen molar-refractivity contribution >= 4 is 11.6 Å². The van der Waals surface area contributed by atoms with Gasteiger partial charge in [0.25, 0.3) is 5.91 Å². The van der Waals surface area contributed by atoms with Crippen LogP contribution in [0.3, 0.4) is 0 Å². The third-order valence-corrected chi connectivity index (χ3v) is 3.92. The summed E-state index contributed by atoms with van der Waals surface area (Å²) in [6.07, 6.45) is -4.60. The normalized spacial score (nSPS) is 11.4. The van der Waals surface area contributed by atoms with E-state index in [9.17, 15) is 31.5 Å². The Labute approximate surface area is 160 Å². The van der Waals surface area contributed by atoms with Crippen molar-refractivity contribution in [3.63, 3.8) is 0 Å². The number of rotatable bonds is 3. The van der Waals surface area contributed by atoms with Crippen LogP contribution in [-0.4, -0.2) is 15.7 Å². The number of nitrogens with one attached hydrogen (secondary N) is 1. The molecule has 10 heteroatoms.